The van der Waals surface area contributed by atoms with Gasteiger partial charge in [0.25, 0.3) is 11.8 Å². The maximum absolute atomic E-state index is 13.9. The Morgan fingerprint density at radius 3 is 2.36 bits per heavy atom. The summed E-state index contributed by atoms with van der Waals surface area (Å²) in [6.45, 7) is 1.84. The quantitative estimate of drug-likeness (QED) is 0.509. The number of phenolic OH excluding ortho intramolecular Hbond substituents is 1. The first-order valence-electron chi connectivity index (χ1n) is 14.3. The molecule has 3 aromatic carbocycles. The van der Waals surface area contributed by atoms with Crippen molar-refractivity contribution in [3.8, 4) is 11.5 Å². The molecule has 7 heteroatoms. The van der Waals surface area contributed by atoms with Crippen LogP contribution >= 0.6 is 0 Å². The van der Waals surface area contributed by atoms with E-state index in [1.165, 1.54) is 17.7 Å². The molecular weight excluding hydrogens is 492 g/mol. The third-order valence-electron chi connectivity index (χ3n) is 10.8. The average Bonchev–Trinajstić information content (AvgIpc) is 3.63. The van der Waals surface area contributed by atoms with Gasteiger partial charge >= 0.3 is 0 Å². The molecule has 3 fully saturated rings. The van der Waals surface area contributed by atoms with E-state index in [2.05, 4.69) is 4.90 Å². The van der Waals surface area contributed by atoms with Crippen molar-refractivity contribution in [1.29, 1.82) is 0 Å². The van der Waals surface area contributed by atoms with Crippen LogP contribution in [0.4, 0.5) is 0 Å². The summed E-state index contributed by atoms with van der Waals surface area (Å²) >= 11 is 0. The number of benzene rings is 3. The van der Waals surface area contributed by atoms with Gasteiger partial charge in [0.15, 0.2) is 11.5 Å². The summed E-state index contributed by atoms with van der Waals surface area (Å²) in [6, 6.07) is 14.5. The summed E-state index contributed by atoms with van der Waals surface area (Å²) in [5, 5.41) is 25.5. The first-order valence-corrected chi connectivity index (χ1v) is 14.3. The molecule has 6 aliphatic rings. The van der Waals surface area contributed by atoms with Gasteiger partial charge in [-0.25, -0.2) is 0 Å². The molecule has 3 aliphatic carbocycles. The van der Waals surface area contributed by atoms with Crippen LogP contribution < -0.4 is 4.74 Å². The number of hydrogen-bond acceptors (Lipinski definition) is 6. The molecule has 0 radical (unpaired) electrons. The molecule has 5 atom stereocenters. The minimum Gasteiger partial charge on any atom is -0.504 e. The molecule has 2 N–H and O–H groups in total. The van der Waals surface area contributed by atoms with Crippen molar-refractivity contribution in [3.63, 3.8) is 0 Å². The number of nitrogens with zero attached hydrogens (tertiary/aromatic N) is 2. The molecule has 1 spiro atoms. The number of fused-ring (bicyclic) bond motifs is 2. The number of ether oxygens (including phenoxy) is 1. The first kappa shape index (κ1) is 22.4. The third-order valence-corrected chi connectivity index (χ3v) is 10.8. The number of aliphatic hydroxyl groups is 1. The van der Waals surface area contributed by atoms with Crippen LogP contribution in [0.5, 0.6) is 11.5 Å². The van der Waals surface area contributed by atoms with Gasteiger partial charge < -0.3 is 14.9 Å². The van der Waals surface area contributed by atoms with Crippen molar-refractivity contribution in [1.82, 2.24) is 9.80 Å². The number of piperidine rings is 1. The topological polar surface area (TPSA) is 90.3 Å². The van der Waals surface area contributed by atoms with Gasteiger partial charge in [-0.15, -0.1) is 0 Å². The van der Waals surface area contributed by atoms with Crippen LogP contribution in [0.25, 0.3) is 10.8 Å². The maximum atomic E-state index is 13.9. The summed E-state index contributed by atoms with van der Waals surface area (Å²) in [6.07, 6.45) is 4.23. The second kappa shape index (κ2) is 7.20. The van der Waals surface area contributed by atoms with Gasteiger partial charge in [-0.05, 0) is 85.5 Å². The molecule has 3 heterocycles. The summed E-state index contributed by atoms with van der Waals surface area (Å²) in [7, 11) is 0. The molecule has 3 aromatic rings. The Kier molecular flexibility index (Phi) is 4.14. The molecule has 2 bridgehead atoms. The molecule has 9 rings (SSSR count). The molecular formula is C32H30N2O5. The van der Waals surface area contributed by atoms with Crippen molar-refractivity contribution in [2.75, 3.05) is 13.1 Å². The van der Waals surface area contributed by atoms with Gasteiger partial charge in [-0.1, -0.05) is 30.3 Å². The zero-order chi connectivity index (χ0) is 26.3. The standard InChI is InChI=1S/C32H30N2O5/c35-24-8-7-20-15-25-32(38)10-9-23(28-31(32,26(20)27(24)39-28)11-12-33(25)16-17-5-6-17)34-29(36)21-13-18-3-1-2-4-19(18)14-22(21)30(34)37/h1-4,7-8,13-14,17,23,25,28,35,38H,5-6,9-12,15-16H2/t23-,25-,28+,31+,32-/m1/s1. The fraction of sp³-hybridized carbons (Fsp3) is 0.438. The van der Waals surface area contributed by atoms with E-state index in [4.69, 9.17) is 4.74 Å². The number of amides is 2. The molecule has 0 aromatic heterocycles. The normalized spacial score (nSPS) is 34.3. The zero-order valence-electron chi connectivity index (χ0n) is 21.6. The van der Waals surface area contributed by atoms with Gasteiger partial charge in [-0.2, -0.15) is 0 Å². The number of rotatable bonds is 3. The summed E-state index contributed by atoms with van der Waals surface area (Å²) in [5.74, 6) is 0.607. The molecule has 198 valence electrons. The Morgan fingerprint density at radius 2 is 1.67 bits per heavy atom. The van der Waals surface area contributed by atoms with Crippen molar-refractivity contribution < 1.29 is 24.5 Å². The van der Waals surface area contributed by atoms with Crippen molar-refractivity contribution in [2.45, 2.75) is 67.7 Å². The third kappa shape index (κ3) is 2.61. The fourth-order valence-electron chi connectivity index (χ4n) is 8.97. The van der Waals surface area contributed by atoms with E-state index in [9.17, 15) is 19.8 Å². The largest absolute Gasteiger partial charge is 0.504 e. The number of carbonyl (C=O) groups excluding carboxylic acids is 2. The average molecular weight is 523 g/mol. The van der Waals surface area contributed by atoms with Gasteiger partial charge in [0, 0.05) is 18.2 Å². The number of likely N-dealkylation sites (tertiary alicyclic amines) is 1. The summed E-state index contributed by atoms with van der Waals surface area (Å²) in [4.78, 5) is 31.7. The second-order valence-corrected chi connectivity index (χ2v) is 12.6. The Labute approximate surface area is 226 Å². The summed E-state index contributed by atoms with van der Waals surface area (Å²) in [5.41, 5.74) is 1.04. The van der Waals surface area contributed by atoms with E-state index in [1.54, 1.807) is 6.07 Å². The van der Waals surface area contributed by atoms with E-state index in [0.29, 0.717) is 48.5 Å². The van der Waals surface area contributed by atoms with E-state index in [0.717, 1.165) is 35.0 Å². The van der Waals surface area contributed by atoms with Gasteiger partial charge in [0.05, 0.1) is 28.2 Å². The van der Waals surface area contributed by atoms with Gasteiger partial charge in [0.1, 0.15) is 6.10 Å². The van der Waals surface area contributed by atoms with Crippen LogP contribution in [-0.2, 0) is 11.8 Å². The predicted molar refractivity (Wildman–Crippen MR) is 143 cm³/mol. The zero-order valence-corrected chi connectivity index (χ0v) is 21.6. The Bertz CT molecular complexity index is 1580. The molecule has 2 amide bonds. The predicted octanol–water partition coefficient (Wildman–Crippen LogP) is 3.77. The smallest absolute Gasteiger partial charge is 0.261 e. The summed E-state index contributed by atoms with van der Waals surface area (Å²) < 4.78 is 6.63. The number of hydrogen-bond donors (Lipinski definition) is 2. The maximum Gasteiger partial charge on any atom is 0.261 e. The molecule has 1 saturated heterocycles. The van der Waals surface area contributed by atoms with Crippen LogP contribution in [0.3, 0.4) is 0 Å². The van der Waals surface area contributed by atoms with E-state index < -0.39 is 23.2 Å². The Balaban J connectivity index is 1.18. The fourth-order valence-corrected chi connectivity index (χ4v) is 8.97. The van der Waals surface area contributed by atoms with E-state index in [1.807, 2.05) is 42.5 Å². The number of aromatic hydroxyl groups is 1. The monoisotopic (exact) mass is 522 g/mol. The van der Waals surface area contributed by atoms with Crippen molar-refractivity contribution in [2.24, 2.45) is 5.92 Å². The van der Waals surface area contributed by atoms with Crippen LogP contribution in [0.1, 0.15) is 63.9 Å². The first-order chi connectivity index (χ1) is 18.9. The highest BCUT2D eigenvalue weighted by Gasteiger charge is 2.74. The molecule has 3 aliphatic heterocycles. The number of phenols is 1. The highest BCUT2D eigenvalue weighted by atomic mass is 16.5. The molecule has 2 saturated carbocycles. The van der Waals surface area contributed by atoms with Crippen LogP contribution in [0, 0.1) is 5.92 Å². The highest BCUT2D eigenvalue weighted by Crippen LogP contribution is 2.66. The molecule has 7 nitrogen and oxygen atoms in total. The lowest BCUT2D eigenvalue weighted by molar-refractivity contribution is -0.196. The molecule has 39 heavy (non-hydrogen) atoms. The van der Waals surface area contributed by atoms with Crippen LogP contribution in [0.2, 0.25) is 0 Å². The minimum atomic E-state index is -1.05. The lowest BCUT2D eigenvalue weighted by Gasteiger charge is -2.64. The van der Waals surface area contributed by atoms with Crippen molar-refractivity contribution in [3.05, 3.63) is 70.8 Å². The number of carbonyl (C=O) groups is 2. The SMILES string of the molecule is O=C1c2cc3ccccc3cc2C(=O)N1[C@@H]1CC[C@@]2(O)[C@H]3Cc4ccc(O)c5c4[C@@]2(CCN3CC2CC2)[C@H]1O5. The minimum absolute atomic E-state index is 0.0469. The number of imide groups is 1. The Morgan fingerprint density at radius 1 is 0.949 bits per heavy atom. The van der Waals surface area contributed by atoms with E-state index >= 15 is 0 Å². The van der Waals surface area contributed by atoms with Gasteiger partial charge in [-0.3, -0.25) is 19.4 Å². The van der Waals surface area contributed by atoms with Crippen LogP contribution in [-0.4, -0.2) is 68.7 Å². The second-order valence-electron chi connectivity index (χ2n) is 12.6. The highest BCUT2D eigenvalue weighted by molar-refractivity contribution is 6.23. The Hall–Kier alpha value is -3.42. The van der Waals surface area contributed by atoms with E-state index in [-0.39, 0.29) is 23.6 Å². The van der Waals surface area contributed by atoms with Crippen molar-refractivity contribution >= 4 is 22.6 Å². The lowest BCUT2D eigenvalue weighted by atomic mass is 9.48. The lowest BCUT2D eigenvalue weighted by Crippen LogP contribution is -2.78. The van der Waals surface area contributed by atoms with Crippen LogP contribution in [0.15, 0.2) is 48.5 Å². The van der Waals surface area contributed by atoms with Gasteiger partial charge in [0.2, 0.25) is 0 Å². The molecule has 0 unspecified atom stereocenters.